The summed E-state index contributed by atoms with van der Waals surface area (Å²) in [5.74, 6) is -0.487. The maximum absolute atomic E-state index is 13.5. The second-order valence-corrected chi connectivity index (χ2v) is 6.57. The summed E-state index contributed by atoms with van der Waals surface area (Å²) in [6, 6.07) is 4.16. The molecular formula is C12H17FN2O2S. The molecule has 0 spiro atoms. The van der Waals surface area contributed by atoms with Gasteiger partial charge in [0.2, 0.25) is 10.0 Å². The maximum Gasteiger partial charge on any atom is 0.243 e. The van der Waals surface area contributed by atoms with Crippen molar-refractivity contribution in [1.29, 1.82) is 0 Å². The molecule has 1 fully saturated rings. The largest absolute Gasteiger partial charge is 0.312 e. The molecule has 1 aromatic carbocycles. The molecule has 18 heavy (non-hydrogen) atoms. The van der Waals surface area contributed by atoms with Crippen LogP contribution in [0, 0.1) is 12.7 Å². The molecule has 0 amide bonds. The zero-order chi connectivity index (χ0) is 13.3. The Morgan fingerprint density at radius 1 is 1.44 bits per heavy atom. The van der Waals surface area contributed by atoms with E-state index in [4.69, 9.17) is 0 Å². The smallest absolute Gasteiger partial charge is 0.243 e. The third-order valence-corrected chi connectivity index (χ3v) is 4.97. The molecule has 100 valence electrons. The summed E-state index contributed by atoms with van der Waals surface area (Å²) in [5, 5.41) is 3.18. The fourth-order valence-corrected chi connectivity index (χ4v) is 3.54. The Hall–Kier alpha value is -0.980. The minimum absolute atomic E-state index is 0.0275. The Morgan fingerprint density at radius 3 is 2.78 bits per heavy atom. The highest BCUT2D eigenvalue weighted by atomic mass is 32.2. The summed E-state index contributed by atoms with van der Waals surface area (Å²) in [4.78, 5) is 0.0275. The summed E-state index contributed by atoms with van der Waals surface area (Å²) in [6.07, 6.45) is 0. The van der Waals surface area contributed by atoms with Crippen LogP contribution in [0.15, 0.2) is 23.1 Å². The summed E-state index contributed by atoms with van der Waals surface area (Å²) < 4.78 is 39.5. The number of sulfonamides is 1. The van der Waals surface area contributed by atoms with Crippen LogP contribution in [0.5, 0.6) is 0 Å². The van der Waals surface area contributed by atoms with Gasteiger partial charge < -0.3 is 5.32 Å². The Labute approximate surface area is 107 Å². The van der Waals surface area contributed by atoms with Crippen molar-refractivity contribution in [2.24, 2.45) is 0 Å². The molecule has 1 saturated heterocycles. The number of hydrogen-bond acceptors (Lipinski definition) is 3. The van der Waals surface area contributed by atoms with Crippen LogP contribution in [0.2, 0.25) is 0 Å². The summed E-state index contributed by atoms with van der Waals surface area (Å²) in [6.45, 7) is 4.99. The topological polar surface area (TPSA) is 49.4 Å². The molecule has 1 atom stereocenters. The van der Waals surface area contributed by atoms with Gasteiger partial charge in [-0.05, 0) is 31.5 Å². The standard InChI is InChI=1S/C12H17FN2O2S/c1-9-3-4-11(7-12(9)13)18(16,17)15-6-5-14-10(2)8-15/h3-4,7,10,14H,5-6,8H2,1-2H3. The van der Waals surface area contributed by atoms with Crippen LogP contribution in [-0.4, -0.2) is 38.4 Å². The molecule has 6 heteroatoms. The van der Waals surface area contributed by atoms with E-state index in [1.54, 1.807) is 6.92 Å². The zero-order valence-corrected chi connectivity index (χ0v) is 11.3. The molecule has 1 N–H and O–H groups in total. The molecule has 0 aromatic heterocycles. The molecule has 1 aliphatic rings. The summed E-state index contributed by atoms with van der Waals surface area (Å²) in [7, 11) is -3.58. The van der Waals surface area contributed by atoms with Crippen LogP contribution in [0.25, 0.3) is 0 Å². The lowest BCUT2D eigenvalue weighted by Crippen LogP contribution is -2.51. The molecule has 0 aliphatic carbocycles. The van der Waals surface area contributed by atoms with Gasteiger partial charge >= 0.3 is 0 Å². The predicted molar refractivity (Wildman–Crippen MR) is 67.4 cm³/mol. The van der Waals surface area contributed by atoms with Gasteiger partial charge in [-0.1, -0.05) is 6.07 Å². The molecule has 1 aliphatic heterocycles. The Balaban J connectivity index is 2.32. The van der Waals surface area contributed by atoms with E-state index in [-0.39, 0.29) is 10.9 Å². The van der Waals surface area contributed by atoms with Crippen molar-refractivity contribution in [3.8, 4) is 0 Å². The SMILES string of the molecule is Cc1ccc(S(=O)(=O)N2CCNC(C)C2)cc1F. The van der Waals surface area contributed by atoms with Gasteiger partial charge in [-0.2, -0.15) is 4.31 Å². The summed E-state index contributed by atoms with van der Waals surface area (Å²) >= 11 is 0. The first kappa shape index (κ1) is 13.5. The van der Waals surface area contributed by atoms with Crippen LogP contribution in [0.1, 0.15) is 12.5 Å². The molecule has 2 rings (SSSR count). The first-order valence-corrected chi connectivity index (χ1v) is 7.35. The quantitative estimate of drug-likeness (QED) is 0.877. The zero-order valence-electron chi connectivity index (χ0n) is 10.5. The first-order chi connectivity index (χ1) is 8.41. The van der Waals surface area contributed by atoms with E-state index in [2.05, 4.69) is 5.32 Å². The number of benzene rings is 1. The third kappa shape index (κ3) is 2.55. The van der Waals surface area contributed by atoms with Crippen molar-refractivity contribution < 1.29 is 12.8 Å². The average molecular weight is 272 g/mol. The first-order valence-electron chi connectivity index (χ1n) is 5.91. The number of piperazine rings is 1. The second-order valence-electron chi connectivity index (χ2n) is 4.63. The van der Waals surface area contributed by atoms with Crippen LogP contribution in [0.3, 0.4) is 0 Å². The average Bonchev–Trinajstić information content (AvgIpc) is 2.32. The minimum atomic E-state index is -3.58. The van der Waals surface area contributed by atoms with Gasteiger partial charge in [-0.3, -0.25) is 0 Å². The molecule has 1 heterocycles. The number of aryl methyl sites for hydroxylation is 1. The van der Waals surface area contributed by atoms with E-state index in [1.807, 2.05) is 6.92 Å². The fraction of sp³-hybridized carbons (Fsp3) is 0.500. The number of nitrogens with one attached hydrogen (secondary N) is 1. The number of rotatable bonds is 2. The third-order valence-electron chi connectivity index (χ3n) is 3.11. The highest BCUT2D eigenvalue weighted by Gasteiger charge is 2.28. The van der Waals surface area contributed by atoms with Gasteiger partial charge in [0.05, 0.1) is 4.90 Å². The van der Waals surface area contributed by atoms with Crippen molar-refractivity contribution >= 4 is 10.0 Å². The monoisotopic (exact) mass is 272 g/mol. The predicted octanol–water partition coefficient (Wildman–Crippen LogP) is 1.12. The van der Waals surface area contributed by atoms with E-state index in [9.17, 15) is 12.8 Å². The van der Waals surface area contributed by atoms with E-state index < -0.39 is 15.8 Å². The Bertz CT molecular complexity index is 545. The molecule has 0 radical (unpaired) electrons. The second kappa shape index (κ2) is 4.95. The molecule has 0 saturated carbocycles. The lowest BCUT2D eigenvalue weighted by molar-refractivity contribution is 0.310. The molecule has 1 aromatic rings. The van der Waals surface area contributed by atoms with Gasteiger partial charge in [0.1, 0.15) is 5.82 Å². The molecular weight excluding hydrogens is 255 g/mol. The Morgan fingerprint density at radius 2 is 2.17 bits per heavy atom. The van der Waals surface area contributed by atoms with E-state index in [1.165, 1.54) is 16.4 Å². The van der Waals surface area contributed by atoms with E-state index in [0.717, 1.165) is 6.07 Å². The lowest BCUT2D eigenvalue weighted by atomic mass is 10.2. The van der Waals surface area contributed by atoms with Gasteiger partial charge in [0.25, 0.3) is 0 Å². The number of hydrogen-bond donors (Lipinski definition) is 1. The lowest BCUT2D eigenvalue weighted by Gasteiger charge is -2.31. The van der Waals surface area contributed by atoms with Crippen molar-refractivity contribution in [2.75, 3.05) is 19.6 Å². The molecule has 1 unspecified atom stereocenters. The highest BCUT2D eigenvalue weighted by Crippen LogP contribution is 2.19. The van der Waals surface area contributed by atoms with Gasteiger partial charge in [0.15, 0.2) is 0 Å². The van der Waals surface area contributed by atoms with E-state index in [0.29, 0.717) is 25.2 Å². The van der Waals surface area contributed by atoms with Gasteiger partial charge in [0, 0.05) is 25.7 Å². The Kier molecular flexibility index (Phi) is 3.70. The molecule has 0 bridgehead atoms. The van der Waals surface area contributed by atoms with Crippen LogP contribution < -0.4 is 5.32 Å². The van der Waals surface area contributed by atoms with Crippen molar-refractivity contribution in [2.45, 2.75) is 24.8 Å². The summed E-state index contributed by atoms with van der Waals surface area (Å²) in [5.41, 5.74) is 0.447. The van der Waals surface area contributed by atoms with Crippen molar-refractivity contribution in [3.05, 3.63) is 29.6 Å². The van der Waals surface area contributed by atoms with Crippen molar-refractivity contribution in [3.63, 3.8) is 0 Å². The van der Waals surface area contributed by atoms with Crippen molar-refractivity contribution in [1.82, 2.24) is 9.62 Å². The van der Waals surface area contributed by atoms with Crippen LogP contribution >= 0.6 is 0 Å². The number of halogens is 1. The van der Waals surface area contributed by atoms with Gasteiger partial charge in [-0.15, -0.1) is 0 Å². The molecule has 4 nitrogen and oxygen atoms in total. The fourth-order valence-electron chi connectivity index (χ4n) is 2.00. The van der Waals surface area contributed by atoms with Crippen LogP contribution in [-0.2, 0) is 10.0 Å². The minimum Gasteiger partial charge on any atom is -0.312 e. The highest BCUT2D eigenvalue weighted by molar-refractivity contribution is 7.89. The number of nitrogens with zero attached hydrogens (tertiary/aromatic N) is 1. The van der Waals surface area contributed by atoms with Gasteiger partial charge in [-0.25, -0.2) is 12.8 Å². The van der Waals surface area contributed by atoms with E-state index >= 15 is 0 Å². The van der Waals surface area contributed by atoms with Crippen LogP contribution in [0.4, 0.5) is 4.39 Å². The maximum atomic E-state index is 13.5. The normalized spacial score (nSPS) is 22.1.